The Labute approximate surface area is 167 Å². The Hall–Kier alpha value is -3.23. The number of urea groups is 1. The molecule has 1 saturated carbocycles. The first-order valence-electron chi connectivity index (χ1n) is 9.37. The quantitative estimate of drug-likeness (QED) is 0.405. The number of hydrogen-bond donors (Lipinski definition) is 2. The molecule has 154 valence electrons. The molecular formula is C20H23N3O6. The van der Waals surface area contributed by atoms with Gasteiger partial charge in [-0.3, -0.25) is 24.1 Å². The van der Waals surface area contributed by atoms with Crippen LogP contribution < -0.4 is 10.6 Å². The number of benzene rings is 1. The van der Waals surface area contributed by atoms with E-state index in [1.165, 1.54) is 13.8 Å². The maximum atomic E-state index is 12.5. The summed E-state index contributed by atoms with van der Waals surface area (Å²) in [6.45, 7) is 3.92. The summed E-state index contributed by atoms with van der Waals surface area (Å²) in [5.74, 6) is -1.90. The van der Waals surface area contributed by atoms with Crippen molar-refractivity contribution in [3.63, 3.8) is 0 Å². The van der Waals surface area contributed by atoms with Gasteiger partial charge in [-0.05, 0) is 63.8 Å². The Bertz CT molecular complexity index is 877. The third-order valence-electron chi connectivity index (χ3n) is 5.22. The first-order valence-corrected chi connectivity index (χ1v) is 9.37. The Morgan fingerprint density at radius 2 is 1.86 bits per heavy atom. The molecule has 1 aromatic carbocycles. The molecule has 2 atom stereocenters. The van der Waals surface area contributed by atoms with E-state index < -0.39 is 42.0 Å². The number of amides is 4. The fourth-order valence-electron chi connectivity index (χ4n) is 3.25. The molecule has 0 aromatic heterocycles. The number of esters is 1. The lowest BCUT2D eigenvalue weighted by Gasteiger charge is -2.21. The summed E-state index contributed by atoms with van der Waals surface area (Å²) in [7, 11) is 0. The first kappa shape index (κ1) is 20.5. The van der Waals surface area contributed by atoms with E-state index in [2.05, 4.69) is 10.6 Å². The van der Waals surface area contributed by atoms with Gasteiger partial charge in [0, 0.05) is 11.3 Å². The molecule has 0 spiro atoms. The summed E-state index contributed by atoms with van der Waals surface area (Å²) in [6, 6.07) is 5.64. The molecule has 0 unspecified atom stereocenters. The highest BCUT2D eigenvalue weighted by Gasteiger charge is 2.56. The van der Waals surface area contributed by atoms with Crippen LogP contribution in [0.15, 0.2) is 24.3 Å². The third-order valence-corrected chi connectivity index (χ3v) is 5.22. The molecule has 1 aliphatic carbocycles. The van der Waals surface area contributed by atoms with Gasteiger partial charge in [0.25, 0.3) is 11.8 Å². The van der Waals surface area contributed by atoms with Crippen LogP contribution in [0.2, 0.25) is 0 Å². The number of nitrogens with zero attached hydrogens (tertiary/aromatic N) is 1. The molecule has 9 nitrogen and oxygen atoms in total. The van der Waals surface area contributed by atoms with Crippen LogP contribution in [0.5, 0.6) is 0 Å². The van der Waals surface area contributed by atoms with Crippen molar-refractivity contribution in [2.24, 2.45) is 5.92 Å². The van der Waals surface area contributed by atoms with Gasteiger partial charge in [-0.15, -0.1) is 0 Å². The van der Waals surface area contributed by atoms with E-state index >= 15 is 0 Å². The van der Waals surface area contributed by atoms with E-state index in [1.807, 2.05) is 0 Å². The van der Waals surface area contributed by atoms with Crippen LogP contribution in [0.1, 0.15) is 44.0 Å². The van der Waals surface area contributed by atoms with Crippen LogP contribution in [0.3, 0.4) is 0 Å². The van der Waals surface area contributed by atoms with Crippen LogP contribution >= 0.6 is 0 Å². The van der Waals surface area contributed by atoms with Crippen molar-refractivity contribution in [1.82, 2.24) is 10.2 Å². The summed E-state index contributed by atoms with van der Waals surface area (Å²) < 4.78 is 5.07. The molecule has 1 saturated heterocycles. The number of rotatable bonds is 7. The minimum atomic E-state index is -1.13. The zero-order chi connectivity index (χ0) is 21.3. The van der Waals surface area contributed by atoms with Crippen molar-refractivity contribution in [2.75, 3.05) is 11.9 Å². The summed E-state index contributed by atoms with van der Waals surface area (Å²) in [5, 5.41) is 5.22. The molecule has 2 fully saturated rings. The van der Waals surface area contributed by atoms with Gasteiger partial charge < -0.3 is 15.4 Å². The largest absolute Gasteiger partial charge is 0.451 e. The van der Waals surface area contributed by atoms with Crippen molar-refractivity contribution < 1.29 is 28.7 Å². The van der Waals surface area contributed by atoms with Crippen molar-refractivity contribution in [3.05, 3.63) is 29.8 Å². The minimum absolute atomic E-state index is 0.0825. The molecule has 29 heavy (non-hydrogen) atoms. The van der Waals surface area contributed by atoms with Gasteiger partial charge in [0.05, 0.1) is 0 Å². The number of hydrogen-bond acceptors (Lipinski definition) is 6. The Balaban J connectivity index is 1.53. The van der Waals surface area contributed by atoms with Crippen molar-refractivity contribution >= 4 is 35.3 Å². The van der Waals surface area contributed by atoms with Crippen molar-refractivity contribution in [1.29, 1.82) is 0 Å². The zero-order valence-corrected chi connectivity index (χ0v) is 16.5. The molecule has 2 N–H and O–H groups in total. The highest BCUT2D eigenvalue weighted by molar-refractivity contribution is 6.09. The predicted molar refractivity (Wildman–Crippen MR) is 102 cm³/mol. The van der Waals surface area contributed by atoms with E-state index in [1.54, 1.807) is 31.2 Å². The van der Waals surface area contributed by atoms with Gasteiger partial charge in [0.15, 0.2) is 11.9 Å². The molecule has 0 radical (unpaired) electrons. The average molecular weight is 401 g/mol. The summed E-state index contributed by atoms with van der Waals surface area (Å²) in [6.07, 6.45) is 0.571. The predicted octanol–water partition coefficient (Wildman–Crippen LogP) is 1.48. The lowest BCUT2D eigenvalue weighted by Crippen LogP contribution is -2.46. The number of ketones is 1. The zero-order valence-electron chi connectivity index (χ0n) is 16.5. The molecule has 1 heterocycles. The molecule has 1 aromatic rings. The number of nitrogens with one attached hydrogen (secondary N) is 2. The summed E-state index contributed by atoms with van der Waals surface area (Å²) >= 11 is 0. The first-order chi connectivity index (χ1) is 13.6. The van der Waals surface area contributed by atoms with Crippen LogP contribution in [0.4, 0.5) is 10.5 Å². The molecule has 1 aliphatic heterocycles. The number of ether oxygens (including phenoxy) is 1. The van der Waals surface area contributed by atoms with Crippen molar-refractivity contribution in [3.8, 4) is 0 Å². The number of Topliss-reactive ketones (excluding diaryl/α,β-unsaturated/α-hetero) is 1. The lowest BCUT2D eigenvalue weighted by molar-refractivity contribution is -0.155. The van der Waals surface area contributed by atoms with Gasteiger partial charge in [-0.2, -0.15) is 0 Å². The third kappa shape index (κ3) is 4.28. The smallest absolute Gasteiger partial charge is 0.327 e. The van der Waals surface area contributed by atoms with E-state index in [9.17, 15) is 24.0 Å². The molecule has 2 aliphatic rings. The topological polar surface area (TPSA) is 122 Å². The molecule has 0 bridgehead atoms. The molecular weight excluding hydrogens is 378 g/mol. The molecule has 3 rings (SSSR count). The van der Waals surface area contributed by atoms with Gasteiger partial charge in [-0.1, -0.05) is 0 Å². The van der Waals surface area contributed by atoms with Crippen LogP contribution in [-0.4, -0.2) is 52.7 Å². The van der Waals surface area contributed by atoms with Gasteiger partial charge in [0.2, 0.25) is 0 Å². The number of carbonyl (C=O) groups is 5. The van der Waals surface area contributed by atoms with E-state index in [0.29, 0.717) is 11.3 Å². The Morgan fingerprint density at radius 3 is 2.41 bits per heavy atom. The second-order valence-electron chi connectivity index (χ2n) is 7.55. The Morgan fingerprint density at radius 1 is 1.24 bits per heavy atom. The highest BCUT2D eigenvalue weighted by Crippen LogP contribution is 2.42. The lowest BCUT2D eigenvalue weighted by atomic mass is 9.96. The van der Waals surface area contributed by atoms with Gasteiger partial charge in [0.1, 0.15) is 12.1 Å². The second-order valence-corrected chi connectivity index (χ2v) is 7.55. The Kier molecular flexibility index (Phi) is 5.41. The number of imide groups is 1. The number of carbonyl (C=O) groups excluding carboxylic acids is 5. The molecule has 9 heteroatoms. The van der Waals surface area contributed by atoms with Gasteiger partial charge >= 0.3 is 12.0 Å². The average Bonchev–Trinajstić information content (AvgIpc) is 3.48. The maximum Gasteiger partial charge on any atom is 0.327 e. The maximum absolute atomic E-state index is 12.5. The highest BCUT2D eigenvalue weighted by atomic mass is 16.5. The van der Waals surface area contributed by atoms with Crippen LogP contribution in [0, 0.1) is 5.92 Å². The van der Waals surface area contributed by atoms with Gasteiger partial charge in [-0.25, -0.2) is 4.79 Å². The minimum Gasteiger partial charge on any atom is -0.451 e. The number of anilines is 1. The SMILES string of the molecule is CC(=O)c1ccc(NC(=O)[C@@H](C)OC(=O)CN2C(=O)N[C@@](C)(C3CC3)C2=O)cc1. The van der Waals surface area contributed by atoms with Crippen LogP contribution in [0.25, 0.3) is 0 Å². The summed E-state index contributed by atoms with van der Waals surface area (Å²) in [4.78, 5) is 61.1. The second kappa shape index (κ2) is 7.65. The molecule has 4 amide bonds. The monoisotopic (exact) mass is 401 g/mol. The summed E-state index contributed by atoms with van der Waals surface area (Å²) in [5.41, 5.74) is -0.0294. The van der Waals surface area contributed by atoms with E-state index in [-0.39, 0.29) is 11.7 Å². The van der Waals surface area contributed by atoms with Crippen molar-refractivity contribution in [2.45, 2.75) is 45.3 Å². The fraction of sp³-hybridized carbons (Fsp3) is 0.450. The normalized spacial score (nSPS) is 22.1. The van der Waals surface area contributed by atoms with Crippen LogP contribution in [-0.2, 0) is 19.1 Å². The fourth-order valence-corrected chi connectivity index (χ4v) is 3.25. The standard InChI is InChI=1S/C20H23N3O6/c1-11(24)13-4-8-15(9-5-13)21-17(26)12(2)29-16(25)10-23-18(27)20(3,14-6-7-14)22-19(23)28/h4-5,8-9,12,14H,6-7,10H2,1-3H3,(H,21,26)(H,22,28)/t12-,20+/m1/s1. The van der Waals surface area contributed by atoms with E-state index in [4.69, 9.17) is 4.74 Å². The van der Waals surface area contributed by atoms with E-state index in [0.717, 1.165) is 17.7 Å².